The largest absolute Gasteiger partial charge is 0.493 e. The summed E-state index contributed by atoms with van der Waals surface area (Å²) in [6.45, 7) is 3.43. The van der Waals surface area contributed by atoms with Crippen molar-refractivity contribution in [2.45, 2.75) is 20.0 Å². The van der Waals surface area contributed by atoms with E-state index in [1.165, 1.54) is 14.0 Å². The quantitative estimate of drug-likeness (QED) is 0.633. The van der Waals surface area contributed by atoms with Crippen molar-refractivity contribution >= 4 is 28.7 Å². The number of aliphatic carboxylic acids is 1. The molecule has 142 valence electrons. The molecule has 0 aliphatic carbocycles. The average molecular weight is 377 g/mol. The van der Waals surface area contributed by atoms with Crippen LogP contribution in [0.25, 0.3) is 22.7 Å². The van der Waals surface area contributed by atoms with Crippen molar-refractivity contribution < 1.29 is 19.4 Å². The summed E-state index contributed by atoms with van der Waals surface area (Å²) in [5.41, 5.74) is 3.80. The number of carboxylic acids is 1. The zero-order chi connectivity index (χ0) is 20.3. The van der Waals surface area contributed by atoms with Gasteiger partial charge in [-0.3, -0.25) is 0 Å². The minimum Gasteiger partial charge on any atom is -0.493 e. The molecule has 1 atom stereocenters. The van der Waals surface area contributed by atoms with Gasteiger partial charge in [-0.25, -0.2) is 9.78 Å². The molecule has 2 N–H and O–H groups in total. The number of nitriles is 1. The van der Waals surface area contributed by atoms with Crippen molar-refractivity contribution in [2.24, 2.45) is 0 Å². The van der Waals surface area contributed by atoms with Gasteiger partial charge in [0.05, 0.1) is 23.7 Å². The highest BCUT2D eigenvalue weighted by Crippen LogP contribution is 2.30. The van der Waals surface area contributed by atoms with E-state index in [0.29, 0.717) is 28.5 Å². The number of hydrogen-bond acceptors (Lipinski definition) is 5. The van der Waals surface area contributed by atoms with E-state index in [2.05, 4.69) is 16.0 Å². The number of methoxy groups -OCH3 is 1. The van der Waals surface area contributed by atoms with Gasteiger partial charge in [-0.1, -0.05) is 12.1 Å². The Labute approximate surface area is 161 Å². The number of nitrogens with zero attached hydrogens (tertiary/aromatic N) is 2. The Morgan fingerprint density at radius 2 is 2.07 bits per heavy atom. The number of nitrogens with one attached hydrogen (secondary N) is 1. The Bertz CT molecular complexity index is 1110. The van der Waals surface area contributed by atoms with Gasteiger partial charge in [-0.15, -0.1) is 0 Å². The van der Waals surface area contributed by atoms with Crippen LogP contribution in [0.1, 0.15) is 23.9 Å². The number of carbonyl (C=O) groups is 1. The van der Waals surface area contributed by atoms with Gasteiger partial charge in [0.25, 0.3) is 0 Å². The number of carboxylic acid groups (broad SMARTS) is 1. The standard InChI is InChI=1S/C21H19N3O4/c1-12-4-6-16-17(8-12)24-20(23-16)15(11-22)9-14-5-7-18(19(10-14)27-3)28-13(2)21(25)26/h4-10,13H,1-3H3,(H,23,24)(H,25,26)/b15-9-/t13-/m0/s1. The second-order valence-corrected chi connectivity index (χ2v) is 6.28. The van der Waals surface area contributed by atoms with Gasteiger partial charge in [0, 0.05) is 0 Å². The number of aryl methyl sites for hydroxylation is 1. The molecule has 0 saturated carbocycles. The number of H-pyrrole nitrogens is 1. The van der Waals surface area contributed by atoms with Crippen molar-refractivity contribution in [3.05, 3.63) is 53.3 Å². The number of ether oxygens (including phenoxy) is 2. The highest BCUT2D eigenvalue weighted by atomic mass is 16.5. The smallest absolute Gasteiger partial charge is 0.344 e. The lowest BCUT2D eigenvalue weighted by Crippen LogP contribution is -2.23. The molecular formula is C21H19N3O4. The minimum atomic E-state index is -1.07. The molecule has 2 aromatic carbocycles. The average Bonchev–Trinajstić information content (AvgIpc) is 3.09. The fourth-order valence-corrected chi connectivity index (χ4v) is 2.68. The molecule has 0 bridgehead atoms. The zero-order valence-electron chi connectivity index (χ0n) is 15.7. The van der Waals surface area contributed by atoms with Gasteiger partial charge >= 0.3 is 5.97 Å². The number of imidazole rings is 1. The van der Waals surface area contributed by atoms with Crippen LogP contribution in [-0.4, -0.2) is 34.3 Å². The Morgan fingerprint density at radius 3 is 2.75 bits per heavy atom. The third kappa shape index (κ3) is 3.96. The number of aromatic amines is 1. The topological polar surface area (TPSA) is 108 Å². The number of allylic oxidation sites excluding steroid dienone is 1. The molecule has 0 saturated heterocycles. The van der Waals surface area contributed by atoms with Crippen LogP contribution < -0.4 is 9.47 Å². The minimum absolute atomic E-state index is 0.312. The maximum atomic E-state index is 11.0. The van der Waals surface area contributed by atoms with Crippen LogP contribution in [0.5, 0.6) is 11.5 Å². The van der Waals surface area contributed by atoms with Gasteiger partial charge in [0.2, 0.25) is 0 Å². The second kappa shape index (κ2) is 7.84. The lowest BCUT2D eigenvalue weighted by molar-refractivity contribution is -0.144. The fraction of sp³-hybridized carbons (Fsp3) is 0.190. The molecule has 0 aliphatic rings. The van der Waals surface area contributed by atoms with Crippen molar-refractivity contribution in [1.82, 2.24) is 9.97 Å². The SMILES string of the molecule is COc1cc(/C=C(/C#N)c2nc3ccc(C)cc3[nH]2)ccc1O[C@@H](C)C(=O)O. The van der Waals surface area contributed by atoms with E-state index < -0.39 is 12.1 Å². The van der Waals surface area contributed by atoms with Gasteiger partial charge in [-0.2, -0.15) is 5.26 Å². The first-order valence-corrected chi connectivity index (χ1v) is 8.57. The van der Waals surface area contributed by atoms with Crippen LogP contribution in [0.4, 0.5) is 0 Å². The molecule has 7 heteroatoms. The van der Waals surface area contributed by atoms with E-state index in [0.717, 1.165) is 16.6 Å². The number of benzene rings is 2. The number of fused-ring (bicyclic) bond motifs is 1. The van der Waals surface area contributed by atoms with Crippen LogP contribution in [0, 0.1) is 18.3 Å². The van der Waals surface area contributed by atoms with Crippen LogP contribution in [0.3, 0.4) is 0 Å². The van der Waals surface area contributed by atoms with Crippen molar-refractivity contribution in [2.75, 3.05) is 7.11 Å². The molecule has 0 unspecified atom stereocenters. The summed E-state index contributed by atoms with van der Waals surface area (Å²) < 4.78 is 10.7. The van der Waals surface area contributed by atoms with Gasteiger partial charge in [0.15, 0.2) is 17.6 Å². The molecule has 0 radical (unpaired) electrons. The van der Waals surface area contributed by atoms with Crippen LogP contribution in [0.2, 0.25) is 0 Å². The number of rotatable bonds is 6. The molecule has 7 nitrogen and oxygen atoms in total. The lowest BCUT2D eigenvalue weighted by atomic mass is 10.1. The summed E-state index contributed by atoms with van der Waals surface area (Å²) in [7, 11) is 1.47. The number of aromatic nitrogens is 2. The summed E-state index contributed by atoms with van der Waals surface area (Å²) in [6.07, 6.45) is 0.668. The molecule has 0 aliphatic heterocycles. The summed E-state index contributed by atoms with van der Waals surface area (Å²) in [6, 6.07) is 13.0. The molecule has 1 heterocycles. The number of hydrogen-bond donors (Lipinski definition) is 2. The van der Waals surface area contributed by atoms with Crippen LogP contribution in [0.15, 0.2) is 36.4 Å². The van der Waals surface area contributed by atoms with Crippen molar-refractivity contribution in [3.63, 3.8) is 0 Å². The third-order valence-corrected chi connectivity index (χ3v) is 4.16. The molecular weight excluding hydrogens is 358 g/mol. The summed E-state index contributed by atoms with van der Waals surface area (Å²) in [5, 5.41) is 18.6. The molecule has 3 aromatic rings. The Kier molecular flexibility index (Phi) is 5.32. The second-order valence-electron chi connectivity index (χ2n) is 6.28. The maximum Gasteiger partial charge on any atom is 0.344 e. The van der Waals surface area contributed by atoms with E-state index in [-0.39, 0.29) is 0 Å². The van der Waals surface area contributed by atoms with E-state index >= 15 is 0 Å². The third-order valence-electron chi connectivity index (χ3n) is 4.16. The molecule has 1 aromatic heterocycles. The Balaban J connectivity index is 1.95. The first-order valence-electron chi connectivity index (χ1n) is 8.57. The summed E-state index contributed by atoms with van der Waals surface area (Å²) in [5.74, 6) is 0.0893. The predicted molar refractivity (Wildman–Crippen MR) is 105 cm³/mol. The molecule has 28 heavy (non-hydrogen) atoms. The zero-order valence-corrected chi connectivity index (χ0v) is 15.7. The van der Waals surface area contributed by atoms with E-state index in [4.69, 9.17) is 14.6 Å². The predicted octanol–water partition coefficient (Wildman–Crippen LogP) is 3.80. The first-order chi connectivity index (χ1) is 13.4. The van der Waals surface area contributed by atoms with Gasteiger partial charge < -0.3 is 19.6 Å². The van der Waals surface area contributed by atoms with Gasteiger partial charge in [-0.05, 0) is 55.3 Å². The Hall–Kier alpha value is -3.79. The van der Waals surface area contributed by atoms with Crippen LogP contribution in [-0.2, 0) is 4.79 Å². The van der Waals surface area contributed by atoms with Crippen LogP contribution >= 0.6 is 0 Å². The fourth-order valence-electron chi connectivity index (χ4n) is 2.68. The summed E-state index contributed by atoms with van der Waals surface area (Å²) in [4.78, 5) is 18.6. The van der Waals surface area contributed by atoms with E-state index in [1.54, 1.807) is 24.3 Å². The van der Waals surface area contributed by atoms with Crippen molar-refractivity contribution in [1.29, 1.82) is 5.26 Å². The lowest BCUT2D eigenvalue weighted by Gasteiger charge is -2.14. The molecule has 0 fully saturated rings. The monoisotopic (exact) mass is 377 g/mol. The van der Waals surface area contributed by atoms with Crippen molar-refractivity contribution in [3.8, 4) is 17.6 Å². The molecule has 0 spiro atoms. The summed E-state index contributed by atoms with van der Waals surface area (Å²) >= 11 is 0. The highest BCUT2D eigenvalue weighted by Gasteiger charge is 2.16. The van der Waals surface area contributed by atoms with Gasteiger partial charge in [0.1, 0.15) is 11.9 Å². The Morgan fingerprint density at radius 1 is 1.29 bits per heavy atom. The maximum absolute atomic E-state index is 11.0. The highest BCUT2D eigenvalue weighted by molar-refractivity contribution is 5.90. The molecule has 0 amide bonds. The molecule has 3 rings (SSSR count). The first kappa shape index (κ1) is 19.0. The van der Waals surface area contributed by atoms with E-state index in [1.807, 2.05) is 25.1 Å². The normalized spacial score (nSPS) is 12.4. The van der Waals surface area contributed by atoms with E-state index in [9.17, 15) is 10.1 Å².